The predicted octanol–water partition coefficient (Wildman–Crippen LogP) is 2.55. The molecule has 1 atom stereocenters. The van der Waals surface area contributed by atoms with E-state index in [4.69, 9.17) is 10.5 Å². The minimum Gasteiger partial charge on any atom is -0.480 e. The zero-order valence-electron chi connectivity index (χ0n) is 9.26. The average Bonchev–Trinajstić information content (AvgIpc) is 2.75. The van der Waals surface area contributed by atoms with Crippen molar-refractivity contribution < 1.29 is 4.74 Å². The summed E-state index contributed by atoms with van der Waals surface area (Å²) >= 11 is 5.10. The monoisotopic (exact) mass is 313 g/mol. The van der Waals surface area contributed by atoms with Crippen LogP contribution in [-0.2, 0) is 6.42 Å². The highest BCUT2D eigenvalue weighted by atomic mass is 79.9. The minimum atomic E-state index is -0.140. The van der Waals surface area contributed by atoms with Crippen LogP contribution in [0.1, 0.15) is 16.6 Å². The molecule has 6 heteroatoms. The van der Waals surface area contributed by atoms with Crippen LogP contribution in [0.3, 0.4) is 0 Å². The lowest BCUT2D eigenvalue weighted by Gasteiger charge is -2.09. The van der Waals surface area contributed by atoms with Gasteiger partial charge in [0, 0.05) is 27.2 Å². The maximum absolute atomic E-state index is 6.08. The molecular weight excluding hydrogens is 302 g/mol. The Labute approximate surface area is 112 Å². The number of nitrogens with zero attached hydrogens (tertiary/aromatic N) is 2. The van der Waals surface area contributed by atoms with E-state index in [-0.39, 0.29) is 6.04 Å². The van der Waals surface area contributed by atoms with Gasteiger partial charge in [0.2, 0.25) is 5.88 Å². The van der Waals surface area contributed by atoms with Gasteiger partial charge in [-0.1, -0.05) is 0 Å². The van der Waals surface area contributed by atoms with Crippen molar-refractivity contribution in [1.29, 1.82) is 0 Å². The van der Waals surface area contributed by atoms with Gasteiger partial charge in [-0.15, -0.1) is 16.4 Å². The van der Waals surface area contributed by atoms with E-state index in [2.05, 4.69) is 32.2 Å². The van der Waals surface area contributed by atoms with Gasteiger partial charge in [-0.3, -0.25) is 0 Å². The molecule has 0 fully saturated rings. The summed E-state index contributed by atoms with van der Waals surface area (Å²) in [5.74, 6) is 0.500. The number of halogens is 1. The molecule has 2 rings (SSSR count). The quantitative estimate of drug-likeness (QED) is 0.942. The molecule has 90 valence electrons. The topological polar surface area (TPSA) is 61.0 Å². The van der Waals surface area contributed by atoms with Crippen LogP contribution in [0.5, 0.6) is 5.88 Å². The molecule has 0 saturated carbocycles. The van der Waals surface area contributed by atoms with Gasteiger partial charge in [0.25, 0.3) is 0 Å². The lowest BCUT2D eigenvalue weighted by molar-refractivity contribution is 0.390. The van der Waals surface area contributed by atoms with Crippen molar-refractivity contribution in [3.05, 3.63) is 38.6 Å². The van der Waals surface area contributed by atoms with E-state index in [0.29, 0.717) is 5.88 Å². The van der Waals surface area contributed by atoms with Crippen LogP contribution < -0.4 is 10.5 Å². The fourth-order valence-electron chi connectivity index (χ4n) is 1.42. The second kappa shape index (κ2) is 5.57. The Morgan fingerprint density at radius 2 is 2.29 bits per heavy atom. The first kappa shape index (κ1) is 12.5. The van der Waals surface area contributed by atoms with Crippen LogP contribution in [0.2, 0.25) is 0 Å². The summed E-state index contributed by atoms with van der Waals surface area (Å²) in [7, 11) is 1.56. The second-order valence-electron chi connectivity index (χ2n) is 3.54. The molecule has 2 aromatic heterocycles. The number of methoxy groups -OCH3 is 1. The standard InChI is InChI=1S/C11H12BrN3OS/c1-16-11-3-2-10(14-15-11)9(13)5-8-4-7(12)6-17-8/h2-4,6,9H,5,13H2,1H3. The first-order valence-electron chi connectivity index (χ1n) is 5.05. The smallest absolute Gasteiger partial charge is 0.233 e. The Morgan fingerprint density at radius 3 is 2.82 bits per heavy atom. The van der Waals surface area contributed by atoms with Gasteiger partial charge in [0.15, 0.2) is 0 Å². The summed E-state index contributed by atoms with van der Waals surface area (Å²) in [5, 5.41) is 10.00. The Morgan fingerprint density at radius 1 is 1.47 bits per heavy atom. The van der Waals surface area contributed by atoms with E-state index in [1.807, 2.05) is 11.4 Å². The molecule has 0 aliphatic heterocycles. The van der Waals surface area contributed by atoms with E-state index in [1.165, 1.54) is 4.88 Å². The van der Waals surface area contributed by atoms with Gasteiger partial charge in [-0.25, -0.2) is 0 Å². The van der Waals surface area contributed by atoms with Crippen molar-refractivity contribution in [1.82, 2.24) is 10.2 Å². The third-order valence-electron chi connectivity index (χ3n) is 2.29. The summed E-state index contributed by atoms with van der Waals surface area (Å²) in [5.41, 5.74) is 6.85. The minimum absolute atomic E-state index is 0.140. The van der Waals surface area contributed by atoms with Gasteiger partial charge >= 0.3 is 0 Å². The number of nitrogens with two attached hydrogens (primary N) is 1. The fraction of sp³-hybridized carbons (Fsp3) is 0.273. The first-order chi connectivity index (χ1) is 8.19. The maximum atomic E-state index is 6.08. The zero-order chi connectivity index (χ0) is 12.3. The molecule has 2 aromatic rings. The Bertz CT molecular complexity index is 486. The molecule has 0 spiro atoms. The molecule has 0 bridgehead atoms. The largest absolute Gasteiger partial charge is 0.480 e. The molecule has 17 heavy (non-hydrogen) atoms. The summed E-state index contributed by atoms with van der Waals surface area (Å²) in [4.78, 5) is 1.22. The molecule has 0 aliphatic rings. The number of hydrogen-bond acceptors (Lipinski definition) is 5. The molecule has 0 radical (unpaired) electrons. The zero-order valence-corrected chi connectivity index (χ0v) is 11.7. The Hall–Kier alpha value is -0.980. The highest BCUT2D eigenvalue weighted by molar-refractivity contribution is 9.10. The van der Waals surface area contributed by atoms with E-state index in [9.17, 15) is 0 Å². The van der Waals surface area contributed by atoms with E-state index in [1.54, 1.807) is 24.5 Å². The molecule has 2 N–H and O–H groups in total. The number of thiophene rings is 1. The second-order valence-corrected chi connectivity index (χ2v) is 5.45. The van der Waals surface area contributed by atoms with Crippen LogP contribution in [0.25, 0.3) is 0 Å². The number of ether oxygens (including phenoxy) is 1. The lowest BCUT2D eigenvalue weighted by Crippen LogP contribution is -2.15. The van der Waals surface area contributed by atoms with E-state index in [0.717, 1.165) is 16.6 Å². The van der Waals surface area contributed by atoms with Crippen LogP contribution in [0.4, 0.5) is 0 Å². The molecule has 4 nitrogen and oxygen atoms in total. The molecule has 0 amide bonds. The molecule has 2 heterocycles. The van der Waals surface area contributed by atoms with E-state index < -0.39 is 0 Å². The number of hydrogen-bond donors (Lipinski definition) is 1. The number of rotatable bonds is 4. The van der Waals surface area contributed by atoms with Gasteiger partial charge in [-0.05, 0) is 28.1 Å². The molecule has 0 aromatic carbocycles. The molecular formula is C11H12BrN3OS. The predicted molar refractivity (Wildman–Crippen MR) is 71.2 cm³/mol. The first-order valence-corrected chi connectivity index (χ1v) is 6.72. The van der Waals surface area contributed by atoms with Crippen molar-refractivity contribution in [3.63, 3.8) is 0 Å². The average molecular weight is 314 g/mol. The third-order valence-corrected chi connectivity index (χ3v) is 4.01. The summed E-state index contributed by atoms with van der Waals surface area (Å²) < 4.78 is 6.04. The molecule has 1 unspecified atom stereocenters. The number of aromatic nitrogens is 2. The van der Waals surface area contributed by atoms with Crippen LogP contribution in [-0.4, -0.2) is 17.3 Å². The van der Waals surface area contributed by atoms with Gasteiger partial charge in [-0.2, -0.15) is 5.10 Å². The van der Waals surface area contributed by atoms with Crippen LogP contribution >= 0.6 is 27.3 Å². The van der Waals surface area contributed by atoms with Gasteiger partial charge in [0.05, 0.1) is 18.8 Å². The molecule has 0 aliphatic carbocycles. The van der Waals surface area contributed by atoms with Crippen molar-refractivity contribution >= 4 is 27.3 Å². The molecule has 0 saturated heterocycles. The highest BCUT2D eigenvalue weighted by Gasteiger charge is 2.11. The van der Waals surface area contributed by atoms with Crippen LogP contribution in [0, 0.1) is 0 Å². The normalized spacial score (nSPS) is 12.4. The van der Waals surface area contributed by atoms with Crippen LogP contribution in [0.15, 0.2) is 28.1 Å². The summed E-state index contributed by atoms with van der Waals surface area (Å²) in [6.45, 7) is 0. The maximum Gasteiger partial charge on any atom is 0.233 e. The third kappa shape index (κ3) is 3.24. The van der Waals surface area contributed by atoms with Crippen molar-refractivity contribution in [2.75, 3.05) is 7.11 Å². The summed E-state index contributed by atoms with van der Waals surface area (Å²) in [6.07, 6.45) is 0.761. The van der Waals surface area contributed by atoms with Gasteiger partial charge < -0.3 is 10.5 Å². The highest BCUT2D eigenvalue weighted by Crippen LogP contribution is 2.23. The lowest BCUT2D eigenvalue weighted by atomic mass is 10.1. The van der Waals surface area contributed by atoms with E-state index >= 15 is 0 Å². The summed E-state index contributed by atoms with van der Waals surface area (Å²) in [6, 6.07) is 5.55. The van der Waals surface area contributed by atoms with Gasteiger partial charge in [0.1, 0.15) is 0 Å². The Balaban J connectivity index is 2.06. The Kier molecular flexibility index (Phi) is 4.09. The SMILES string of the molecule is COc1ccc(C(N)Cc2cc(Br)cs2)nn1. The van der Waals surface area contributed by atoms with Crippen molar-refractivity contribution in [2.24, 2.45) is 5.73 Å². The van der Waals surface area contributed by atoms with Crippen molar-refractivity contribution in [3.8, 4) is 5.88 Å². The fourth-order valence-corrected chi connectivity index (χ4v) is 2.93. The van der Waals surface area contributed by atoms with Crippen molar-refractivity contribution in [2.45, 2.75) is 12.5 Å².